The topological polar surface area (TPSA) is 67.8 Å². The monoisotopic (exact) mass is 534 g/mol. The number of ether oxygens (including phenoxy) is 2. The van der Waals surface area contributed by atoms with Crippen LogP contribution in [-0.2, 0) is 13.1 Å². The largest absolute Gasteiger partial charge is 0.493 e. The molecule has 0 bridgehead atoms. The first-order valence-corrected chi connectivity index (χ1v) is 9.67. The molecule has 1 heterocycles. The van der Waals surface area contributed by atoms with Crippen LogP contribution in [-0.4, -0.2) is 30.7 Å². The molecule has 6 nitrogen and oxygen atoms in total. The average molecular weight is 534 g/mol. The molecule has 2 rings (SSSR count). The van der Waals surface area contributed by atoms with Gasteiger partial charge in [-0.2, -0.15) is 8.78 Å². The number of aliphatic imine (C=N–C) groups is 1. The summed E-state index contributed by atoms with van der Waals surface area (Å²) in [5.41, 5.74) is 2.36. The number of benzene rings is 1. The Kier molecular flexibility index (Phi) is 12.0. The second kappa shape index (κ2) is 13.9. The summed E-state index contributed by atoms with van der Waals surface area (Å²) in [7, 11) is 0. The number of rotatable bonds is 10. The van der Waals surface area contributed by atoms with E-state index in [1.165, 1.54) is 6.07 Å². The van der Waals surface area contributed by atoms with Gasteiger partial charge in [0.25, 0.3) is 0 Å². The van der Waals surface area contributed by atoms with E-state index in [4.69, 9.17) is 4.74 Å². The number of halogens is 3. The molecule has 9 heteroatoms. The number of nitrogens with zero attached hydrogens (tertiary/aromatic N) is 2. The third-order valence-electron chi connectivity index (χ3n) is 3.86. The molecule has 0 aliphatic carbocycles. The number of nitrogens with one attached hydrogen (secondary N) is 2. The van der Waals surface area contributed by atoms with Crippen molar-refractivity contribution in [2.75, 3.05) is 13.2 Å². The number of aryl methyl sites for hydroxylation is 1. The Hall–Kier alpha value is -2.17. The molecule has 0 spiro atoms. The summed E-state index contributed by atoms with van der Waals surface area (Å²) < 4.78 is 35.8. The fraction of sp³-hybridized carbons (Fsp3) is 0.429. The first-order chi connectivity index (χ1) is 14.0. The molecule has 0 fully saturated rings. The van der Waals surface area contributed by atoms with Gasteiger partial charge in [-0.3, -0.25) is 4.98 Å². The van der Waals surface area contributed by atoms with Crippen molar-refractivity contribution in [1.82, 2.24) is 15.6 Å². The lowest BCUT2D eigenvalue weighted by atomic mass is 10.2. The minimum atomic E-state index is -2.92. The molecular formula is C21H29F2IN4O2. The van der Waals surface area contributed by atoms with E-state index in [9.17, 15) is 8.78 Å². The third-order valence-corrected chi connectivity index (χ3v) is 3.86. The van der Waals surface area contributed by atoms with Gasteiger partial charge in [-0.15, -0.1) is 24.0 Å². The molecule has 0 aliphatic rings. The summed E-state index contributed by atoms with van der Waals surface area (Å²) >= 11 is 0. The molecule has 0 unspecified atom stereocenters. The number of hydrogen-bond acceptors (Lipinski definition) is 4. The predicted molar refractivity (Wildman–Crippen MR) is 125 cm³/mol. The molecule has 2 aromatic rings. The van der Waals surface area contributed by atoms with Gasteiger partial charge < -0.3 is 20.1 Å². The summed E-state index contributed by atoms with van der Waals surface area (Å²) in [5.74, 6) is 1.12. The van der Waals surface area contributed by atoms with Crippen molar-refractivity contribution in [3.8, 4) is 11.5 Å². The number of hydrogen-bond donors (Lipinski definition) is 2. The number of pyridine rings is 1. The quantitative estimate of drug-likeness (QED) is 0.264. The first-order valence-electron chi connectivity index (χ1n) is 9.67. The van der Waals surface area contributed by atoms with Crippen LogP contribution in [0.3, 0.4) is 0 Å². The van der Waals surface area contributed by atoms with E-state index in [1.54, 1.807) is 12.1 Å². The van der Waals surface area contributed by atoms with Crippen LogP contribution in [0.4, 0.5) is 8.78 Å². The summed E-state index contributed by atoms with van der Waals surface area (Å²) in [6, 6.07) is 10.7. The zero-order valence-corrected chi connectivity index (χ0v) is 19.8. The van der Waals surface area contributed by atoms with Gasteiger partial charge >= 0.3 is 6.61 Å². The van der Waals surface area contributed by atoms with Gasteiger partial charge in [0.2, 0.25) is 0 Å². The van der Waals surface area contributed by atoms with Crippen molar-refractivity contribution < 1.29 is 18.3 Å². The van der Waals surface area contributed by atoms with E-state index in [2.05, 4.69) is 25.3 Å². The standard InChI is InChI=1S/C21H28F2N4O2.HI/c1-4-11-28-18-10-9-16(19(12-18)29-20(22)23)13-25-21(24-5-2)26-14-17-8-6-7-15(3)27-17;/h6-10,12,20H,4-5,11,13-14H2,1-3H3,(H2,24,25,26);1H. The minimum Gasteiger partial charge on any atom is -0.493 e. The van der Waals surface area contributed by atoms with Gasteiger partial charge in [-0.05, 0) is 44.5 Å². The fourth-order valence-electron chi connectivity index (χ4n) is 2.56. The molecule has 0 amide bonds. The maximum atomic E-state index is 12.8. The van der Waals surface area contributed by atoms with E-state index < -0.39 is 6.61 Å². The third kappa shape index (κ3) is 9.10. The molecule has 1 aromatic heterocycles. The van der Waals surface area contributed by atoms with Crippen LogP contribution in [0.25, 0.3) is 0 Å². The zero-order valence-electron chi connectivity index (χ0n) is 17.5. The fourth-order valence-corrected chi connectivity index (χ4v) is 2.56. The predicted octanol–water partition coefficient (Wildman–Crippen LogP) is 4.65. The summed E-state index contributed by atoms with van der Waals surface area (Å²) in [6.45, 7) is 4.78. The Labute approximate surface area is 193 Å². The average Bonchev–Trinajstić information content (AvgIpc) is 2.69. The highest BCUT2D eigenvalue weighted by molar-refractivity contribution is 14.0. The van der Waals surface area contributed by atoms with Gasteiger partial charge in [0.05, 0.1) is 25.4 Å². The Morgan fingerprint density at radius 2 is 1.97 bits per heavy atom. The SMILES string of the molecule is CCCOc1ccc(CN=C(NCC)NCc2cccc(C)n2)c(OC(F)F)c1.I. The molecule has 0 saturated carbocycles. The Morgan fingerprint density at radius 3 is 2.63 bits per heavy atom. The smallest absolute Gasteiger partial charge is 0.387 e. The first kappa shape index (κ1) is 25.9. The Bertz CT molecular complexity index is 806. The maximum absolute atomic E-state index is 12.8. The normalized spacial score (nSPS) is 11.1. The molecule has 30 heavy (non-hydrogen) atoms. The Balaban J connectivity index is 0.00000450. The van der Waals surface area contributed by atoms with Crippen LogP contribution in [0.15, 0.2) is 41.4 Å². The van der Waals surface area contributed by atoms with Gasteiger partial charge in [0.1, 0.15) is 11.5 Å². The van der Waals surface area contributed by atoms with Gasteiger partial charge in [-0.25, -0.2) is 4.99 Å². The number of aromatic nitrogens is 1. The van der Waals surface area contributed by atoms with E-state index >= 15 is 0 Å². The second-order valence-electron chi connectivity index (χ2n) is 6.32. The maximum Gasteiger partial charge on any atom is 0.387 e. The van der Waals surface area contributed by atoms with Crippen molar-refractivity contribution in [1.29, 1.82) is 0 Å². The van der Waals surface area contributed by atoms with Crippen LogP contribution >= 0.6 is 24.0 Å². The molecule has 166 valence electrons. The molecule has 1 aromatic carbocycles. The van der Waals surface area contributed by atoms with Crippen LogP contribution in [0.2, 0.25) is 0 Å². The number of alkyl halides is 2. The molecule has 0 aliphatic heterocycles. The van der Waals surface area contributed by atoms with Crippen molar-refractivity contribution in [2.24, 2.45) is 4.99 Å². The van der Waals surface area contributed by atoms with E-state index in [0.717, 1.165) is 17.8 Å². The highest BCUT2D eigenvalue weighted by Crippen LogP contribution is 2.27. The van der Waals surface area contributed by atoms with Gasteiger partial charge in [0, 0.05) is 23.9 Å². The number of guanidine groups is 1. The van der Waals surface area contributed by atoms with Crippen molar-refractivity contribution in [2.45, 2.75) is 46.9 Å². The van der Waals surface area contributed by atoms with E-state index in [0.29, 0.717) is 37.0 Å². The lowest BCUT2D eigenvalue weighted by Gasteiger charge is -2.14. The second-order valence-corrected chi connectivity index (χ2v) is 6.32. The van der Waals surface area contributed by atoms with Crippen molar-refractivity contribution in [3.63, 3.8) is 0 Å². The van der Waals surface area contributed by atoms with E-state index in [1.807, 2.05) is 39.0 Å². The van der Waals surface area contributed by atoms with Crippen LogP contribution < -0.4 is 20.1 Å². The molecule has 0 radical (unpaired) electrons. The van der Waals surface area contributed by atoms with E-state index in [-0.39, 0.29) is 36.3 Å². The summed E-state index contributed by atoms with van der Waals surface area (Å²) in [6.07, 6.45) is 0.824. The highest BCUT2D eigenvalue weighted by atomic mass is 127. The summed E-state index contributed by atoms with van der Waals surface area (Å²) in [5, 5.41) is 6.33. The van der Waals surface area contributed by atoms with Gasteiger partial charge in [0.15, 0.2) is 5.96 Å². The zero-order chi connectivity index (χ0) is 21.1. The lowest BCUT2D eigenvalue weighted by molar-refractivity contribution is -0.0505. The van der Waals surface area contributed by atoms with Crippen LogP contribution in [0.5, 0.6) is 11.5 Å². The highest BCUT2D eigenvalue weighted by Gasteiger charge is 2.12. The van der Waals surface area contributed by atoms with Crippen LogP contribution in [0, 0.1) is 6.92 Å². The molecular weight excluding hydrogens is 505 g/mol. The minimum absolute atomic E-state index is 0. The van der Waals surface area contributed by atoms with Crippen molar-refractivity contribution in [3.05, 3.63) is 53.3 Å². The van der Waals surface area contributed by atoms with Crippen molar-refractivity contribution >= 4 is 29.9 Å². The van der Waals surface area contributed by atoms with Gasteiger partial charge in [-0.1, -0.05) is 13.0 Å². The van der Waals surface area contributed by atoms with Crippen LogP contribution in [0.1, 0.15) is 37.2 Å². The lowest BCUT2D eigenvalue weighted by Crippen LogP contribution is -2.37. The molecule has 0 saturated heterocycles. The molecule has 2 N–H and O–H groups in total. The Morgan fingerprint density at radius 1 is 1.17 bits per heavy atom. The molecule has 0 atom stereocenters. The summed E-state index contributed by atoms with van der Waals surface area (Å²) in [4.78, 5) is 8.92.